The van der Waals surface area contributed by atoms with Crippen LogP contribution in [0.15, 0.2) is 18.6 Å². The minimum absolute atomic E-state index is 0.168. The summed E-state index contributed by atoms with van der Waals surface area (Å²) in [5.41, 5.74) is -1.11. The highest BCUT2D eigenvalue weighted by molar-refractivity contribution is 5.56. The molecule has 2 aromatic heterocycles. The number of rotatable bonds is 3. The highest BCUT2D eigenvalue weighted by atomic mass is 19.4. The van der Waals surface area contributed by atoms with E-state index in [1.807, 2.05) is 0 Å². The highest BCUT2D eigenvalue weighted by Gasteiger charge is 2.39. The van der Waals surface area contributed by atoms with Crippen LogP contribution in [0.4, 0.5) is 13.2 Å². The first-order chi connectivity index (χ1) is 10.5. The van der Waals surface area contributed by atoms with E-state index in [4.69, 9.17) is 9.47 Å². The van der Waals surface area contributed by atoms with Crippen molar-refractivity contribution in [3.05, 3.63) is 24.2 Å². The van der Waals surface area contributed by atoms with Crippen molar-refractivity contribution >= 4 is 5.65 Å². The third-order valence-corrected chi connectivity index (χ3v) is 3.96. The molecule has 1 saturated carbocycles. The summed E-state index contributed by atoms with van der Waals surface area (Å²) in [6.45, 7) is 0. The van der Waals surface area contributed by atoms with Gasteiger partial charge in [0.2, 0.25) is 0 Å². The molecule has 8 heteroatoms. The molecular weight excluding hydrogens is 299 g/mol. The van der Waals surface area contributed by atoms with Gasteiger partial charge in [0.15, 0.2) is 5.65 Å². The average molecular weight is 315 g/mol. The van der Waals surface area contributed by atoms with Crippen molar-refractivity contribution in [3.63, 3.8) is 0 Å². The maximum atomic E-state index is 13.3. The second-order valence-corrected chi connectivity index (χ2v) is 5.37. The number of hydrogen-bond donors (Lipinski definition) is 0. The summed E-state index contributed by atoms with van der Waals surface area (Å²) in [5.74, 6) is -0.186. The van der Waals surface area contributed by atoms with Crippen molar-refractivity contribution in [3.8, 4) is 5.75 Å². The fourth-order valence-electron chi connectivity index (χ4n) is 2.80. The summed E-state index contributed by atoms with van der Waals surface area (Å²) in [6.07, 6.45) is 1.01. The van der Waals surface area contributed by atoms with E-state index < -0.39 is 11.7 Å². The molecule has 0 bridgehead atoms. The largest absolute Gasteiger partial charge is 0.490 e. The Bertz CT molecular complexity index is 648. The Labute approximate surface area is 125 Å². The van der Waals surface area contributed by atoms with Crippen LogP contribution < -0.4 is 4.74 Å². The second-order valence-electron chi connectivity index (χ2n) is 5.37. The van der Waals surface area contributed by atoms with Gasteiger partial charge in [-0.05, 0) is 31.7 Å². The van der Waals surface area contributed by atoms with Crippen LogP contribution in [0.3, 0.4) is 0 Å². The summed E-state index contributed by atoms with van der Waals surface area (Å²) < 4.78 is 52.2. The van der Waals surface area contributed by atoms with Gasteiger partial charge >= 0.3 is 6.18 Å². The molecular formula is C14H16F3N3O2. The number of methoxy groups -OCH3 is 1. The average Bonchev–Trinajstić information content (AvgIpc) is 2.94. The molecule has 0 atom stereocenters. The van der Waals surface area contributed by atoms with Gasteiger partial charge in [-0.2, -0.15) is 13.2 Å². The molecule has 0 unspecified atom stereocenters. The van der Waals surface area contributed by atoms with Crippen molar-refractivity contribution < 1.29 is 22.6 Å². The lowest BCUT2D eigenvalue weighted by Crippen LogP contribution is -2.28. The highest BCUT2D eigenvalue weighted by Crippen LogP contribution is 2.39. The van der Waals surface area contributed by atoms with Gasteiger partial charge in [-0.15, -0.1) is 10.2 Å². The minimum atomic E-state index is -4.55. The number of pyridine rings is 1. The van der Waals surface area contributed by atoms with E-state index >= 15 is 0 Å². The van der Waals surface area contributed by atoms with Crippen molar-refractivity contribution in [2.45, 2.75) is 44.1 Å². The van der Waals surface area contributed by atoms with Gasteiger partial charge < -0.3 is 9.47 Å². The van der Waals surface area contributed by atoms with Crippen LogP contribution in [0.2, 0.25) is 0 Å². The molecule has 5 nitrogen and oxygen atoms in total. The number of ether oxygens (including phenoxy) is 2. The number of fused-ring (bicyclic) bond motifs is 1. The number of nitrogens with zero attached hydrogens (tertiary/aromatic N) is 3. The van der Waals surface area contributed by atoms with Crippen molar-refractivity contribution in [1.82, 2.24) is 14.6 Å². The molecule has 1 aliphatic carbocycles. The third kappa shape index (κ3) is 2.87. The zero-order valence-electron chi connectivity index (χ0n) is 12.0. The van der Waals surface area contributed by atoms with Crippen molar-refractivity contribution in [2.24, 2.45) is 0 Å². The van der Waals surface area contributed by atoms with Crippen LogP contribution in [0.5, 0.6) is 5.75 Å². The van der Waals surface area contributed by atoms with Crippen molar-refractivity contribution in [2.75, 3.05) is 7.11 Å². The molecule has 0 amide bonds. The van der Waals surface area contributed by atoms with E-state index in [1.165, 1.54) is 23.0 Å². The molecule has 1 aliphatic rings. The van der Waals surface area contributed by atoms with E-state index in [9.17, 15) is 13.2 Å². The first kappa shape index (κ1) is 15.1. The lowest BCUT2D eigenvalue weighted by molar-refractivity contribution is -0.138. The minimum Gasteiger partial charge on any atom is -0.490 e. The Hall–Kier alpha value is -1.83. The van der Waals surface area contributed by atoms with E-state index in [1.54, 1.807) is 7.11 Å². The number of hydrogen-bond acceptors (Lipinski definition) is 4. The fourth-order valence-corrected chi connectivity index (χ4v) is 2.80. The lowest BCUT2D eigenvalue weighted by atomic mass is 9.95. The quantitative estimate of drug-likeness (QED) is 0.873. The maximum absolute atomic E-state index is 13.3. The molecule has 0 spiro atoms. The SMILES string of the molecule is COC1CCC(Oc2ccn3cnnc3c2C(F)(F)F)CC1. The van der Waals surface area contributed by atoms with Crippen LogP contribution in [0.25, 0.3) is 5.65 Å². The van der Waals surface area contributed by atoms with Crippen LogP contribution in [-0.4, -0.2) is 33.9 Å². The Morgan fingerprint density at radius 2 is 1.86 bits per heavy atom. The van der Waals surface area contributed by atoms with Gasteiger partial charge in [0.05, 0.1) is 12.2 Å². The van der Waals surface area contributed by atoms with Gasteiger partial charge in [0, 0.05) is 13.3 Å². The van der Waals surface area contributed by atoms with Gasteiger partial charge in [-0.3, -0.25) is 4.40 Å². The predicted molar refractivity (Wildman–Crippen MR) is 71.7 cm³/mol. The standard InChI is InChI=1S/C14H16F3N3O2/c1-21-9-2-4-10(5-3-9)22-11-6-7-20-8-18-19-13(20)12(11)14(15,16)17/h6-10H,2-5H2,1H3. The van der Waals surface area contributed by atoms with Crippen LogP contribution in [0.1, 0.15) is 31.2 Å². The number of halogens is 3. The van der Waals surface area contributed by atoms with Gasteiger partial charge in [0.25, 0.3) is 0 Å². The smallest absolute Gasteiger partial charge is 0.423 e. The summed E-state index contributed by atoms with van der Waals surface area (Å²) in [7, 11) is 1.65. The van der Waals surface area contributed by atoms with E-state index in [2.05, 4.69) is 10.2 Å². The lowest BCUT2D eigenvalue weighted by Gasteiger charge is -2.29. The number of aromatic nitrogens is 3. The normalized spacial score (nSPS) is 22.9. The molecule has 120 valence electrons. The van der Waals surface area contributed by atoms with E-state index in [-0.39, 0.29) is 23.6 Å². The Morgan fingerprint density at radius 1 is 1.18 bits per heavy atom. The molecule has 0 aliphatic heterocycles. The van der Waals surface area contributed by atoms with Gasteiger partial charge in [0.1, 0.15) is 17.6 Å². The first-order valence-corrected chi connectivity index (χ1v) is 7.08. The molecule has 2 heterocycles. The summed E-state index contributed by atoms with van der Waals surface area (Å²) >= 11 is 0. The molecule has 3 rings (SSSR count). The van der Waals surface area contributed by atoms with Gasteiger partial charge in [-0.1, -0.05) is 0 Å². The van der Waals surface area contributed by atoms with Crippen LogP contribution in [0, 0.1) is 0 Å². The molecule has 0 N–H and O–H groups in total. The van der Waals surface area contributed by atoms with E-state index in [0.717, 1.165) is 12.8 Å². The first-order valence-electron chi connectivity index (χ1n) is 7.08. The zero-order chi connectivity index (χ0) is 15.7. The van der Waals surface area contributed by atoms with E-state index in [0.29, 0.717) is 12.8 Å². The Kier molecular flexibility index (Phi) is 3.94. The molecule has 22 heavy (non-hydrogen) atoms. The summed E-state index contributed by atoms with van der Waals surface area (Å²) in [4.78, 5) is 0. The molecule has 0 radical (unpaired) electrons. The molecule has 0 aromatic carbocycles. The molecule has 0 saturated heterocycles. The second kappa shape index (κ2) is 5.75. The maximum Gasteiger partial charge on any atom is 0.423 e. The monoisotopic (exact) mass is 315 g/mol. The third-order valence-electron chi connectivity index (χ3n) is 3.96. The molecule has 2 aromatic rings. The Balaban J connectivity index is 1.87. The van der Waals surface area contributed by atoms with Crippen LogP contribution >= 0.6 is 0 Å². The van der Waals surface area contributed by atoms with Crippen LogP contribution in [-0.2, 0) is 10.9 Å². The van der Waals surface area contributed by atoms with Gasteiger partial charge in [-0.25, -0.2) is 0 Å². The topological polar surface area (TPSA) is 48.7 Å². The molecule has 1 fully saturated rings. The summed E-state index contributed by atoms with van der Waals surface area (Å²) in [6, 6.07) is 1.32. The van der Waals surface area contributed by atoms with Crippen molar-refractivity contribution in [1.29, 1.82) is 0 Å². The predicted octanol–water partition coefficient (Wildman–Crippen LogP) is 3.08. The number of alkyl halides is 3. The fraction of sp³-hybridized carbons (Fsp3) is 0.571. The Morgan fingerprint density at radius 3 is 2.50 bits per heavy atom. The zero-order valence-corrected chi connectivity index (χ0v) is 12.0. The summed E-state index contributed by atoms with van der Waals surface area (Å²) in [5, 5.41) is 7.08.